The van der Waals surface area contributed by atoms with E-state index in [1.807, 2.05) is 39.3 Å². The first-order valence-corrected chi connectivity index (χ1v) is 10.2. The van der Waals surface area contributed by atoms with E-state index in [0.29, 0.717) is 17.5 Å². The summed E-state index contributed by atoms with van der Waals surface area (Å²) >= 11 is 1.32. The molecule has 1 aromatic heterocycles. The highest BCUT2D eigenvalue weighted by atomic mass is 32.2. The van der Waals surface area contributed by atoms with Crippen molar-refractivity contribution in [3.05, 3.63) is 66.0 Å². The molecular weight excluding hydrogens is 389 g/mol. The number of hydrogen-bond donors (Lipinski definition) is 1. The van der Waals surface area contributed by atoms with Gasteiger partial charge in [0, 0.05) is 19.2 Å². The van der Waals surface area contributed by atoms with Crippen LogP contribution in [0, 0.1) is 5.82 Å². The molecule has 2 aromatic carbocycles. The number of rotatable bonds is 8. The number of aromatic nitrogens is 3. The van der Waals surface area contributed by atoms with Crippen molar-refractivity contribution < 1.29 is 9.18 Å². The summed E-state index contributed by atoms with van der Waals surface area (Å²) < 4.78 is 14.9. The number of nitrogens with zero attached hydrogens (tertiary/aromatic N) is 4. The molecule has 0 radical (unpaired) electrons. The van der Waals surface area contributed by atoms with Gasteiger partial charge in [-0.25, -0.2) is 4.39 Å². The summed E-state index contributed by atoms with van der Waals surface area (Å²) in [4.78, 5) is 14.4. The summed E-state index contributed by atoms with van der Waals surface area (Å²) in [5, 5.41) is 11.9. The molecule has 0 saturated heterocycles. The lowest BCUT2D eigenvalue weighted by atomic mass is 10.1. The van der Waals surface area contributed by atoms with E-state index >= 15 is 0 Å². The molecule has 0 bridgehead atoms. The van der Waals surface area contributed by atoms with Crippen LogP contribution >= 0.6 is 11.8 Å². The van der Waals surface area contributed by atoms with E-state index in [-0.39, 0.29) is 23.5 Å². The first kappa shape index (κ1) is 21.0. The van der Waals surface area contributed by atoms with Crippen LogP contribution in [0.3, 0.4) is 0 Å². The minimum absolute atomic E-state index is 0.0656. The minimum Gasteiger partial charge on any atom is -0.353 e. The van der Waals surface area contributed by atoms with Gasteiger partial charge < -0.3 is 14.8 Å². The van der Waals surface area contributed by atoms with Gasteiger partial charge in [-0.1, -0.05) is 42.1 Å². The van der Waals surface area contributed by atoms with Gasteiger partial charge in [0.05, 0.1) is 11.8 Å². The molecule has 3 rings (SSSR count). The zero-order chi connectivity index (χ0) is 20.8. The summed E-state index contributed by atoms with van der Waals surface area (Å²) in [6, 6.07) is 16.3. The number of hydrogen-bond acceptors (Lipinski definition) is 5. The molecule has 0 aliphatic rings. The Labute approximate surface area is 174 Å². The highest BCUT2D eigenvalue weighted by molar-refractivity contribution is 7.99. The van der Waals surface area contributed by atoms with Crippen LogP contribution in [-0.2, 0) is 11.8 Å². The van der Waals surface area contributed by atoms with Crippen LogP contribution in [0.25, 0.3) is 11.4 Å². The number of nitrogens with one attached hydrogen (secondary N) is 1. The Morgan fingerprint density at radius 1 is 1.14 bits per heavy atom. The number of carbonyl (C=O) groups is 1. The second-order valence-electron chi connectivity index (χ2n) is 6.85. The van der Waals surface area contributed by atoms with Crippen LogP contribution < -0.4 is 5.32 Å². The van der Waals surface area contributed by atoms with Gasteiger partial charge in [0.2, 0.25) is 5.91 Å². The molecule has 0 aliphatic heterocycles. The molecule has 0 aliphatic carbocycles. The van der Waals surface area contributed by atoms with Gasteiger partial charge in [-0.15, -0.1) is 10.2 Å². The molecular formula is C21H24FN5OS. The molecule has 0 saturated carbocycles. The number of thioether (sulfide) groups is 1. The Balaban J connectivity index is 1.56. The third-order valence-corrected chi connectivity index (χ3v) is 5.59. The van der Waals surface area contributed by atoms with Crippen LogP contribution in [0.2, 0.25) is 0 Å². The summed E-state index contributed by atoms with van der Waals surface area (Å²) in [5.74, 6) is 0.507. The maximum absolute atomic E-state index is 13.1. The van der Waals surface area contributed by atoms with Crippen molar-refractivity contribution in [2.24, 2.45) is 7.05 Å². The van der Waals surface area contributed by atoms with Crippen molar-refractivity contribution in [2.75, 3.05) is 26.4 Å². The van der Waals surface area contributed by atoms with Gasteiger partial charge >= 0.3 is 0 Å². The third kappa shape index (κ3) is 5.42. The van der Waals surface area contributed by atoms with Crippen LogP contribution in [-0.4, -0.2) is 52.0 Å². The molecule has 1 amide bonds. The van der Waals surface area contributed by atoms with Gasteiger partial charge in [-0.2, -0.15) is 0 Å². The highest BCUT2D eigenvalue weighted by Gasteiger charge is 2.16. The molecule has 1 unspecified atom stereocenters. The Kier molecular flexibility index (Phi) is 7.00. The van der Waals surface area contributed by atoms with E-state index in [1.54, 1.807) is 16.7 Å². The minimum atomic E-state index is -0.297. The average molecular weight is 414 g/mol. The summed E-state index contributed by atoms with van der Waals surface area (Å²) in [5.41, 5.74) is 1.93. The smallest absolute Gasteiger partial charge is 0.230 e. The Hall–Kier alpha value is -2.71. The zero-order valence-corrected chi connectivity index (χ0v) is 17.5. The lowest BCUT2D eigenvalue weighted by molar-refractivity contribution is -0.118. The van der Waals surface area contributed by atoms with Gasteiger partial charge in [-0.3, -0.25) is 4.79 Å². The summed E-state index contributed by atoms with van der Waals surface area (Å²) in [6.45, 7) is 0.524. The molecule has 1 heterocycles. The SMILES string of the molecule is CN(C)C(CNC(=O)CSc1nnc(-c2ccc(F)cc2)n1C)c1ccccc1. The quantitative estimate of drug-likeness (QED) is 0.575. The van der Waals surface area contributed by atoms with Gasteiger partial charge in [0.1, 0.15) is 5.82 Å². The molecule has 3 aromatic rings. The fourth-order valence-corrected chi connectivity index (χ4v) is 3.70. The topological polar surface area (TPSA) is 63.1 Å². The second kappa shape index (κ2) is 9.67. The average Bonchev–Trinajstić information content (AvgIpc) is 3.08. The van der Waals surface area contributed by atoms with E-state index in [0.717, 1.165) is 11.1 Å². The monoisotopic (exact) mass is 413 g/mol. The van der Waals surface area contributed by atoms with Crippen molar-refractivity contribution in [1.82, 2.24) is 25.0 Å². The summed E-state index contributed by atoms with van der Waals surface area (Å²) in [7, 11) is 5.82. The second-order valence-corrected chi connectivity index (χ2v) is 7.80. The first-order chi connectivity index (χ1) is 14.0. The molecule has 29 heavy (non-hydrogen) atoms. The van der Waals surface area contributed by atoms with Gasteiger partial charge in [0.15, 0.2) is 11.0 Å². The van der Waals surface area contributed by atoms with Crippen LogP contribution in [0.15, 0.2) is 59.8 Å². The lowest BCUT2D eigenvalue weighted by Gasteiger charge is -2.25. The van der Waals surface area contributed by atoms with Crippen molar-refractivity contribution in [3.8, 4) is 11.4 Å². The molecule has 152 valence electrons. The van der Waals surface area contributed by atoms with Crippen molar-refractivity contribution in [1.29, 1.82) is 0 Å². The van der Waals surface area contributed by atoms with Crippen molar-refractivity contribution in [2.45, 2.75) is 11.2 Å². The van der Waals surface area contributed by atoms with Crippen LogP contribution in [0.4, 0.5) is 4.39 Å². The number of carbonyl (C=O) groups excluding carboxylic acids is 1. The fraction of sp³-hybridized carbons (Fsp3) is 0.286. The number of likely N-dealkylation sites (N-methyl/N-ethyl adjacent to an activating group) is 1. The molecule has 6 nitrogen and oxygen atoms in total. The maximum atomic E-state index is 13.1. The van der Waals surface area contributed by atoms with Crippen LogP contribution in [0.1, 0.15) is 11.6 Å². The molecule has 1 N–H and O–H groups in total. The normalized spacial score (nSPS) is 12.2. The van der Waals surface area contributed by atoms with Crippen molar-refractivity contribution >= 4 is 17.7 Å². The Bertz CT molecular complexity index is 943. The van der Waals surface area contributed by atoms with Gasteiger partial charge in [0.25, 0.3) is 0 Å². The molecule has 1 atom stereocenters. The van der Waals surface area contributed by atoms with Crippen molar-refractivity contribution in [3.63, 3.8) is 0 Å². The van der Waals surface area contributed by atoms with E-state index in [1.165, 1.54) is 23.9 Å². The zero-order valence-electron chi connectivity index (χ0n) is 16.7. The van der Waals surface area contributed by atoms with E-state index in [9.17, 15) is 9.18 Å². The predicted molar refractivity (Wildman–Crippen MR) is 113 cm³/mol. The lowest BCUT2D eigenvalue weighted by Crippen LogP contribution is -2.35. The third-order valence-electron chi connectivity index (χ3n) is 4.57. The highest BCUT2D eigenvalue weighted by Crippen LogP contribution is 2.23. The fourth-order valence-electron chi connectivity index (χ4n) is 2.96. The number of amides is 1. The maximum Gasteiger partial charge on any atom is 0.230 e. The first-order valence-electron chi connectivity index (χ1n) is 9.22. The molecule has 8 heteroatoms. The number of halogens is 1. The van der Waals surface area contributed by atoms with E-state index in [2.05, 4.69) is 32.5 Å². The van der Waals surface area contributed by atoms with Crippen LogP contribution in [0.5, 0.6) is 0 Å². The largest absolute Gasteiger partial charge is 0.353 e. The molecule has 0 spiro atoms. The van der Waals surface area contributed by atoms with Gasteiger partial charge in [-0.05, 0) is 43.9 Å². The predicted octanol–water partition coefficient (Wildman–Crippen LogP) is 3.13. The Morgan fingerprint density at radius 2 is 1.83 bits per heavy atom. The van der Waals surface area contributed by atoms with E-state index in [4.69, 9.17) is 0 Å². The standard InChI is InChI=1S/C21H24FN5OS/c1-26(2)18(15-7-5-4-6-8-15)13-23-19(28)14-29-21-25-24-20(27(21)3)16-9-11-17(22)12-10-16/h4-12,18H,13-14H2,1-3H3,(H,23,28). The van der Waals surface area contributed by atoms with E-state index < -0.39 is 0 Å². The molecule has 0 fully saturated rings. The number of benzene rings is 2. The Morgan fingerprint density at radius 3 is 2.48 bits per heavy atom. The summed E-state index contributed by atoms with van der Waals surface area (Å²) in [6.07, 6.45) is 0.